The molecule has 31 heavy (non-hydrogen) atoms. The van der Waals surface area contributed by atoms with Crippen LogP contribution in [0.5, 0.6) is 0 Å². The first kappa shape index (κ1) is 22.0. The van der Waals surface area contributed by atoms with Crippen molar-refractivity contribution >= 4 is 40.8 Å². The van der Waals surface area contributed by atoms with Gasteiger partial charge in [-0.25, -0.2) is 9.79 Å². The molecule has 0 spiro atoms. The van der Waals surface area contributed by atoms with Gasteiger partial charge in [0.2, 0.25) is 0 Å². The normalized spacial score (nSPS) is 11.1. The fraction of sp³-hybridized carbons (Fsp3) is 0.130. The molecule has 3 rings (SSSR count). The van der Waals surface area contributed by atoms with Gasteiger partial charge < -0.3 is 14.5 Å². The van der Waals surface area contributed by atoms with E-state index in [0.29, 0.717) is 17.0 Å². The topological polar surface area (TPSA) is 98.0 Å². The van der Waals surface area contributed by atoms with Crippen molar-refractivity contribution in [1.29, 1.82) is 0 Å². The van der Waals surface area contributed by atoms with Gasteiger partial charge in [0.25, 0.3) is 11.8 Å². The first-order valence-electron chi connectivity index (χ1n) is 9.45. The number of amides is 2. The number of carbonyl (C=O) groups is 3. The van der Waals surface area contributed by atoms with Crippen LogP contribution in [0.3, 0.4) is 0 Å². The lowest BCUT2D eigenvalue weighted by Crippen LogP contribution is -2.26. The van der Waals surface area contributed by atoms with Crippen LogP contribution < -0.4 is 5.32 Å². The Bertz CT molecular complexity index is 1110. The van der Waals surface area contributed by atoms with Crippen LogP contribution in [0, 0.1) is 0 Å². The molecule has 0 saturated carbocycles. The molecule has 0 fully saturated rings. The summed E-state index contributed by atoms with van der Waals surface area (Å²) in [4.78, 5) is 41.2. The van der Waals surface area contributed by atoms with Crippen molar-refractivity contribution in [2.45, 2.75) is 13.3 Å². The van der Waals surface area contributed by atoms with E-state index >= 15 is 0 Å². The third-order valence-electron chi connectivity index (χ3n) is 4.18. The van der Waals surface area contributed by atoms with Crippen molar-refractivity contribution in [3.05, 3.63) is 88.8 Å². The summed E-state index contributed by atoms with van der Waals surface area (Å²) in [5, 5.41) is 2.91. The number of ether oxygens (including phenoxy) is 1. The molecular weight excluding hydrogens is 420 g/mol. The average molecular weight is 439 g/mol. The molecule has 0 aliphatic carbocycles. The highest BCUT2D eigenvalue weighted by Gasteiger charge is 2.18. The Morgan fingerprint density at radius 2 is 1.77 bits per heavy atom. The van der Waals surface area contributed by atoms with Crippen LogP contribution in [-0.4, -0.2) is 30.1 Å². The Balaban J connectivity index is 1.82. The van der Waals surface area contributed by atoms with E-state index in [1.54, 1.807) is 49.4 Å². The van der Waals surface area contributed by atoms with Gasteiger partial charge in [0.1, 0.15) is 11.5 Å². The van der Waals surface area contributed by atoms with E-state index in [9.17, 15) is 14.4 Å². The van der Waals surface area contributed by atoms with Gasteiger partial charge in [0, 0.05) is 5.69 Å². The Morgan fingerprint density at radius 3 is 2.42 bits per heavy atom. The predicted octanol–water partition coefficient (Wildman–Crippen LogP) is 4.57. The van der Waals surface area contributed by atoms with E-state index in [0.717, 1.165) is 0 Å². The van der Waals surface area contributed by atoms with Gasteiger partial charge in [0.15, 0.2) is 0 Å². The van der Waals surface area contributed by atoms with Gasteiger partial charge in [-0.05, 0) is 55.5 Å². The minimum atomic E-state index is -0.639. The molecule has 2 amide bonds. The van der Waals surface area contributed by atoms with Crippen LogP contribution in [0.4, 0.5) is 5.69 Å². The van der Waals surface area contributed by atoms with Gasteiger partial charge in [-0.1, -0.05) is 23.7 Å². The highest BCUT2D eigenvalue weighted by Crippen LogP contribution is 2.17. The van der Waals surface area contributed by atoms with Crippen molar-refractivity contribution in [2.75, 3.05) is 11.9 Å². The largest absolute Gasteiger partial charge is 0.469 e. The number of hydrogen-bond donors (Lipinski definition) is 1. The minimum Gasteiger partial charge on any atom is -0.469 e. The number of furan rings is 1. The minimum absolute atomic E-state index is 0.00986. The summed E-state index contributed by atoms with van der Waals surface area (Å²) in [5.74, 6) is -1.20. The summed E-state index contributed by atoms with van der Waals surface area (Å²) >= 11 is 6.07. The van der Waals surface area contributed by atoms with E-state index in [1.165, 1.54) is 24.5 Å². The predicted molar refractivity (Wildman–Crippen MR) is 117 cm³/mol. The Hall–Kier alpha value is -3.71. The molecule has 0 aliphatic heterocycles. The first-order chi connectivity index (χ1) is 15.0. The summed E-state index contributed by atoms with van der Waals surface area (Å²) in [5.41, 5.74) is 0.927. The summed E-state index contributed by atoms with van der Waals surface area (Å²) in [6.45, 7) is 1.99. The number of benzene rings is 2. The van der Waals surface area contributed by atoms with E-state index < -0.39 is 17.8 Å². The second kappa shape index (κ2) is 10.4. The Labute approximate surface area is 183 Å². The van der Waals surface area contributed by atoms with Crippen molar-refractivity contribution in [1.82, 2.24) is 0 Å². The molecular formula is C23H19ClN2O5. The van der Waals surface area contributed by atoms with E-state index in [1.807, 2.05) is 0 Å². The molecule has 3 aromatic rings. The lowest BCUT2D eigenvalue weighted by Gasteiger charge is -2.09. The van der Waals surface area contributed by atoms with Gasteiger partial charge in [0.05, 0.1) is 35.4 Å². The Kier molecular flexibility index (Phi) is 7.35. The highest BCUT2D eigenvalue weighted by molar-refractivity contribution is 6.45. The van der Waals surface area contributed by atoms with Gasteiger partial charge >= 0.3 is 5.97 Å². The maximum atomic E-state index is 12.9. The maximum Gasteiger partial charge on any atom is 0.338 e. The number of esters is 1. The molecule has 1 aromatic heterocycles. The molecule has 7 nitrogen and oxygen atoms in total. The zero-order valence-electron chi connectivity index (χ0n) is 16.6. The standard InChI is InChI=1S/C23H19ClN2O5/c1-2-30-23(29)15-9-11-16(12-10-15)25-22(28)20(14-17-6-5-13-31-17)26-21(27)18-7-3-4-8-19(18)24/h3-13H,2,14H2,1H3,(H,25,28). The molecule has 158 valence electrons. The maximum absolute atomic E-state index is 12.9. The van der Waals surface area contributed by atoms with Gasteiger partial charge in [-0.15, -0.1) is 0 Å². The Morgan fingerprint density at radius 1 is 1.03 bits per heavy atom. The molecule has 0 atom stereocenters. The fourth-order valence-corrected chi connectivity index (χ4v) is 2.89. The van der Waals surface area contributed by atoms with Crippen molar-refractivity contribution < 1.29 is 23.5 Å². The summed E-state index contributed by atoms with van der Waals surface area (Å²) in [6.07, 6.45) is 1.48. The van der Waals surface area contributed by atoms with Gasteiger partial charge in [-0.3, -0.25) is 9.59 Å². The zero-order valence-corrected chi connectivity index (χ0v) is 17.4. The van der Waals surface area contributed by atoms with Crippen molar-refractivity contribution in [3.63, 3.8) is 0 Å². The summed E-state index contributed by atoms with van der Waals surface area (Å²) < 4.78 is 10.2. The molecule has 0 radical (unpaired) electrons. The number of aliphatic imine (C=N–C) groups is 1. The lowest BCUT2D eigenvalue weighted by atomic mass is 10.1. The smallest absolute Gasteiger partial charge is 0.338 e. The number of halogens is 1. The molecule has 8 heteroatoms. The molecule has 0 unspecified atom stereocenters. The number of nitrogens with one attached hydrogen (secondary N) is 1. The monoisotopic (exact) mass is 438 g/mol. The number of nitrogens with zero attached hydrogens (tertiary/aromatic N) is 1. The second-order valence-electron chi connectivity index (χ2n) is 6.35. The summed E-state index contributed by atoms with van der Waals surface area (Å²) in [6, 6.07) is 16.0. The van der Waals surface area contributed by atoms with E-state index in [-0.39, 0.29) is 29.3 Å². The molecule has 1 heterocycles. The van der Waals surface area contributed by atoms with Crippen LogP contribution in [0.2, 0.25) is 5.02 Å². The fourth-order valence-electron chi connectivity index (χ4n) is 2.67. The van der Waals surface area contributed by atoms with Crippen molar-refractivity contribution in [3.8, 4) is 0 Å². The van der Waals surface area contributed by atoms with Gasteiger partial charge in [-0.2, -0.15) is 0 Å². The number of carbonyl (C=O) groups excluding carboxylic acids is 3. The van der Waals surface area contributed by atoms with Crippen LogP contribution in [0.25, 0.3) is 0 Å². The van der Waals surface area contributed by atoms with Crippen molar-refractivity contribution in [2.24, 2.45) is 4.99 Å². The third-order valence-corrected chi connectivity index (χ3v) is 4.51. The van der Waals surface area contributed by atoms with Crippen LogP contribution in [0.1, 0.15) is 33.4 Å². The van der Waals surface area contributed by atoms with Crippen LogP contribution in [-0.2, 0) is 16.0 Å². The van der Waals surface area contributed by atoms with E-state index in [2.05, 4.69) is 10.3 Å². The second-order valence-corrected chi connectivity index (χ2v) is 6.76. The average Bonchev–Trinajstić information content (AvgIpc) is 3.27. The molecule has 0 bridgehead atoms. The number of rotatable bonds is 7. The van der Waals surface area contributed by atoms with Crippen LogP contribution >= 0.6 is 11.6 Å². The quantitative estimate of drug-likeness (QED) is 0.430. The molecule has 0 aliphatic rings. The SMILES string of the molecule is CCOC(=O)c1ccc(NC(=O)C(Cc2ccco2)=NC(=O)c2ccccc2Cl)cc1. The third kappa shape index (κ3) is 5.90. The number of hydrogen-bond acceptors (Lipinski definition) is 5. The summed E-state index contributed by atoms with van der Waals surface area (Å²) in [7, 11) is 0. The molecule has 1 N–H and O–H groups in total. The number of anilines is 1. The zero-order chi connectivity index (χ0) is 22.2. The molecule has 0 saturated heterocycles. The highest BCUT2D eigenvalue weighted by atomic mass is 35.5. The lowest BCUT2D eigenvalue weighted by molar-refractivity contribution is -0.110. The van der Waals surface area contributed by atoms with Crippen LogP contribution in [0.15, 0.2) is 76.3 Å². The first-order valence-corrected chi connectivity index (χ1v) is 9.83. The van der Waals surface area contributed by atoms with E-state index in [4.69, 9.17) is 20.8 Å². The molecule has 2 aromatic carbocycles.